The monoisotopic (exact) mass is 667 g/mol. The van der Waals surface area contributed by atoms with Gasteiger partial charge in [0.2, 0.25) is 0 Å². The Bertz CT molecular complexity index is 3880. The van der Waals surface area contributed by atoms with E-state index in [1.54, 1.807) is 78.9 Å². The first-order chi connectivity index (χ1) is 33.2. The number of furan rings is 1. The predicted octanol–water partition coefficient (Wildman–Crippen LogP) is 14.2. The zero-order chi connectivity index (χ0) is 50.3. The molecule has 1 aromatic heterocycles. The summed E-state index contributed by atoms with van der Waals surface area (Å²) in [7, 11) is 0. The highest BCUT2D eigenvalue weighted by Gasteiger charge is 2.21. The molecule has 0 saturated carbocycles. The van der Waals surface area contributed by atoms with Crippen LogP contribution in [0.1, 0.15) is 26.0 Å². The Labute approximate surface area is 323 Å². The van der Waals surface area contributed by atoms with Gasteiger partial charge in [0.15, 0.2) is 0 Å². The molecule has 0 spiro atoms. The van der Waals surface area contributed by atoms with Crippen molar-refractivity contribution in [2.24, 2.45) is 0 Å². The first-order valence-electron chi connectivity index (χ1n) is 25.5. The third-order valence-corrected chi connectivity index (χ3v) is 8.88. The van der Waals surface area contributed by atoms with E-state index in [2.05, 4.69) is 0 Å². The van der Waals surface area contributed by atoms with Crippen LogP contribution in [-0.2, 0) is 0 Å². The van der Waals surface area contributed by atoms with Gasteiger partial charge < -0.3 is 4.42 Å². The lowest BCUT2D eigenvalue weighted by Gasteiger charge is -2.20. The lowest BCUT2D eigenvalue weighted by atomic mass is 9.83. The Morgan fingerprint density at radius 2 is 0.863 bits per heavy atom. The third kappa shape index (κ3) is 4.86. The van der Waals surface area contributed by atoms with Gasteiger partial charge in [-0.25, -0.2) is 0 Å². The van der Waals surface area contributed by atoms with Crippen molar-refractivity contribution in [2.45, 2.75) is 0 Å². The molecule has 10 aromatic rings. The summed E-state index contributed by atoms with van der Waals surface area (Å²) in [6, 6.07) is 9.69. The van der Waals surface area contributed by atoms with Gasteiger partial charge in [0.1, 0.15) is 11.2 Å². The largest absolute Gasteiger partial charge is 0.456 e. The summed E-state index contributed by atoms with van der Waals surface area (Å²) in [5.74, 6) is 0. The van der Waals surface area contributed by atoms with Crippen molar-refractivity contribution in [3.05, 3.63) is 194 Å². The predicted molar refractivity (Wildman–Crippen MR) is 216 cm³/mol. The molecule has 0 N–H and O–H groups in total. The highest BCUT2D eigenvalue weighted by molar-refractivity contribution is 6.26. The molecule has 0 radical (unpaired) electrons. The molecule has 0 bridgehead atoms. The van der Waals surface area contributed by atoms with Gasteiger partial charge in [0.25, 0.3) is 0 Å². The Kier molecular flexibility index (Phi) is 3.74. The fraction of sp³-hybridized carbons (Fsp3) is 0. The molecule has 0 aliphatic rings. The summed E-state index contributed by atoms with van der Waals surface area (Å²) in [5.41, 5.74) is -1.91. The highest BCUT2D eigenvalue weighted by Crippen LogP contribution is 2.48. The molecule has 0 amide bonds. The number of hydrogen-bond donors (Lipinski definition) is 0. The maximum absolute atomic E-state index is 9.64. The molecule has 10 rings (SSSR count). The number of fused-ring (bicyclic) bond motifs is 5. The van der Waals surface area contributed by atoms with E-state index in [1.165, 1.54) is 0 Å². The lowest BCUT2D eigenvalue weighted by Crippen LogP contribution is -1.93. The second-order valence-corrected chi connectivity index (χ2v) is 11.7. The van der Waals surface area contributed by atoms with E-state index in [-0.39, 0.29) is 55.3 Å². The Morgan fingerprint density at radius 3 is 1.55 bits per heavy atom. The molecular formula is C50H32O. The molecule has 0 unspecified atom stereocenters. The molecule has 0 atom stereocenters. The zero-order valence-corrected chi connectivity index (χ0v) is 26.4. The normalized spacial score (nSPS) is 16.7. The van der Waals surface area contributed by atoms with Gasteiger partial charge in [-0.1, -0.05) is 176 Å². The van der Waals surface area contributed by atoms with Gasteiger partial charge in [-0.15, -0.1) is 0 Å². The van der Waals surface area contributed by atoms with E-state index < -0.39 is 132 Å². The molecule has 9 aromatic carbocycles. The number of benzene rings is 9. The molecule has 1 heteroatoms. The second-order valence-electron chi connectivity index (χ2n) is 11.7. The number of hydrogen-bond acceptors (Lipinski definition) is 1. The van der Waals surface area contributed by atoms with Crippen molar-refractivity contribution in [3.8, 4) is 55.6 Å². The standard InChI is InChI=1S/C50H32O/c1-3-14-33(15-4-1)35-26-28-36(29-27-35)38-18-7-8-19-39(38)48-40-20-9-11-22-42(40)49(43-23-12-10-21-41(43)48)44-24-13-25-47-50(44)45-32-37(30-31-46(45)51-47)34-16-5-2-6-17-34/h1-32H/i2D,5D,6D,7D,8D,13D,16D,17D,18D,19D,24D,25D,26D,27D,28D,29D,30D,31D,32D. The Morgan fingerprint density at radius 1 is 0.333 bits per heavy atom. The smallest absolute Gasteiger partial charge is 0.136 e. The van der Waals surface area contributed by atoms with Crippen LogP contribution in [0.25, 0.3) is 99.1 Å². The highest BCUT2D eigenvalue weighted by atomic mass is 16.3. The van der Waals surface area contributed by atoms with E-state index >= 15 is 0 Å². The molecule has 0 aliphatic heterocycles. The summed E-state index contributed by atoms with van der Waals surface area (Å²) in [6.45, 7) is 0. The minimum absolute atomic E-state index is 0.00788. The van der Waals surface area contributed by atoms with Crippen molar-refractivity contribution in [3.63, 3.8) is 0 Å². The van der Waals surface area contributed by atoms with E-state index in [0.29, 0.717) is 27.1 Å². The maximum Gasteiger partial charge on any atom is 0.136 e. The maximum atomic E-state index is 9.64. The Hall–Kier alpha value is -6.70. The van der Waals surface area contributed by atoms with Gasteiger partial charge in [0.05, 0.1) is 26.0 Å². The van der Waals surface area contributed by atoms with Crippen molar-refractivity contribution < 1.29 is 30.5 Å². The van der Waals surface area contributed by atoms with Gasteiger partial charge in [-0.3, -0.25) is 0 Å². The molecule has 1 nitrogen and oxygen atoms in total. The fourth-order valence-electron chi connectivity index (χ4n) is 6.68. The summed E-state index contributed by atoms with van der Waals surface area (Å²) < 4.78 is 178. The van der Waals surface area contributed by atoms with Crippen molar-refractivity contribution in [1.29, 1.82) is 0 Å². The summed E-state index contributed by atoms with van der Waals surface area (Å²) in [4.78, 5) is 0. The first-order valence-corrected chi connectivity index (χ1v) is 16.0. The van der Waals surface area contributed by atoms with Crippen LogP contribution in [-0.4, -0.2) is 0 Å². The minimum atomic E-state index is -0.744. The van der Waals surface area contributed by atoms with Crippen LogP contribution in [0.2, 0.25) is 0 Å². The third-order valence-electron chi connectivity index (χ3n) is 8.88. The van der Waals surface area contributed by atoms with Gasteiger partial charge >= 0.3 is 0 Å². The zero-order valence-electron chi connectivity index (χ0n) is 45.4. The SMILES string of the molecule is [2H]c1c([2H])c([2H])c(-c2c([2H])c([2H])c3oc4c([2H])c([2H])c([2H])c(-c5c6ccccc6c(-c6c([2H])c([2H])c([2H])c([2H])c6-c6c([2H])c([2H])c(-c7ccccc7)c([2H])c6[2H])c6ccccc56)c4c3c2[2H])c([2H])c1[2H]. The lowest BCUT2D eigenvalue weighted by molar-refractivity contribution is 0.669. The van der Waals surface area contributed by atoms with Crippen molar-refractivity contribution in [1.82, 2.24) is 0 Å². The average molecular weight is 668 g/mol. The molecule has 0 aliphatic carbocycles. The molecule has 0 fully saturated rings. The Balaban J connectivity index is 1.38. The topological polar surface area (TPSA) is 13.1 Å². The van der Waals surface area contributed by atoms with Gasteiger partial charge in [0, 0.05) is 10.8 Å². The fourth-order valence-corrected chi connectivity index (χ4v) is 6.68. The molecule has 1 heterocycles. The minimum Gasteiger partial charge on any atom is -0.456 e. The van der Waals surface area contributed by atoms with Gasteiger partial charge in [-0.05, 0) is 95.3 Å². The van der Waals surface area contributed by atoms with Crippen LogP contribution in [0.5, 0.6) is 0 Å². The summed E-state index contributed by atoms with van der Waals surface area (Å²) in [5, 5.41) is 0.822. The van der Waals surface area contributed by atoms with Crippen molar-refractivity contribution >= 4 is 43.5 Å². The average Bonchev–Trinajstić information content (AvgIpc) is 3.76. The van der Waals surface area contributed by atoms with Crippen LogP contribution < -0.4 is 0 Å². The van der Waals surface area contributed by atoms with Gasteiger partial charge in [-0.2, -0.15) is 0 Å². The van der Waals surface area contributed by atoms with Crippen LogP contribution in [0.3, 0.4) is 0 Å². The van der Waals surface area contributed by atoms with Crippen LogP contribution in [0, 0.1) is 0 Å². The van der Waals surface area contributed by atoms with Crippen LogP contribution in [0.15, 0.2) is 198 Å². The van der Waals surface area contributed by atoms with Crippen LogP contribution in [0.4, 0.5) is 0 Å². The van der Waals surface area contributed by atoms with Crippen molar-refractivity contribution in [2.75, 3.05) is 0 Å². The molecule has 238 valence electrons. The summed E-state index contributed by atoms with van der Waals surface area (Å²) >= 11 is 0. The van der Waals surface area contributed by atoms with E-state index in [0.717, 1.165) is 0 Å². The van der Waals surface area contributed by atoms with E-state index in [1.807, 2.05) is 0 Å². The molecule has 51 heavy (non-hydrogen) atoms. The number of rotatable bonds is 5. The second kappa shape index (κ2) is 12.0. The molecular weight excluding hydrogens is 617 g/mol. The summed E-state index contributed by atoms with van der Waals surface area (Å²) in [6.07, 6.45) is 0. The van der Waals surface area contributed by atoms with E-state index in [9.17, 15) is 8.22 Å². The molecule has 0 saturated heterocycles. The quantitative estimate of drug-likeness (QED) is 0.167. The first kappa shape index (κ1) is 15.9. The van der Waals surface area contributed by atoms with Crippen LogP contribution >= 0.6 is 0 Å². The van der Waals surface area contributed by atoms with E-state index in [4.69, 9.17) is 22.2 Å².